The molecule has 0 aliphatic carbocycles. The fraction of sp³-hybridized carbons (Fsp3) is 0.357. The van der Waals surface area contributed by atoms with Crippen molar-refractivity contribution >= 4 is 11.8 Å². The summed E-state index contributed by atoms with van der Waals surface area (Å²) < 4.78 is 4.57. The number of nitrogens with zero attached hydrogens (tertiary/aromatic N) is 4. The molecule has 1 fully saturated rings. The Hall–Kier alpha value is -2.55. The molecule has 1 aromatic rings. The summed E-state index contributed by atoms with van der Waals surface area (Å²) in [7, 11) is 1.28. The molecular weight excluding hydrogens is 256 g/mol. The number of carbonyl (C=O) groups excluding carboxylic acids is 1. The average molecular weight is 272 g/mol. The average Bonchev–Trinajstić information content (AvgIpc) is 2.53. The van der Waals surface area contributed by atoms with Gasteiger partial charge in [0.15, 0.2) is 0 Å². The van der Waals surface area contributed by atoms with Gasteiger partial charge in [-0.25, -0.2) is 9.83 Å². The highest BCUT2D eigenvalue weighted by Crippen LogP contribution is 2.13. The van der Waals surface area contributed by atoms with Crippen LogP contribution in [0, 0.1) is 6.57 Å². The number of hydrogen-bond acceptors (Lipinski definition) is 5. The minimum atomic E-state index is -0.591. The van der Waals surface area contributed by atoms with Crippen LogP contribution in [0.2, 0.25) is 0 Å². The van der Waals surface area contributed by atoms with Gasteiger partial charge in [-0.05, 0) is 12.1 Å². The van der Waals surface area contributed by atoms with Crippen molar-refractivity contribution < 1.29 is 9.53 Å². The van der Waals surface area contributed by atoms with Crippen molar-refractivity contribution in [1.29, 1.82) is 0 Å². The van der Waals surface area contributed by atoms with Gasteiger partial charge >= 0.3 is 5.97 Å². The van der Waals surface area contributed by atoms with Crippen LogP contribution in [0.15, 0.2) is 36.3 Å². The molecule has 1 aromatic heterocycles. The number of rotatable bonds is 3. The number of piperazine rings is 1. The van der Waals surface area contributed by atoms with Gasteiger partial charge in [0.25, 0.3) is 5.70 Å². The molecule has 0 atom stereocenters. The van der Waals surface area contributed by atoms with E-state index in [-0.39, 0.29) is 5.70 Å². The van der Waals surface area contributed by atoms with Crippen molar-refractivity contribution in [2.45, 2.75) is 0 Å². The number of anilines is 1. The van der Waals surface area contributed by atoms with E-state index in [1.807, 2.05) is 23.1 Å². The van der Waals surface area contributed by atoms with Crippen molar-refractivity contribution in [2.24, 2.45) is 0 Å². The molecule has 0 unspecified atom stereocenters. The van der Waals surface area contributed by atoms with Crippen molar-refractivity contribution in [3.05, 3.63) is 47.7 Å². The third kappa shape index (κ3) is 3.26. The lowest BCUT2D eigenvalue weighted by atomic mass is 10.3. The Morgan fingerprint density at radius 2 is 2.15 bits per heavy atom. The summed E-state index contributed by atoms with van der Waals surface area (Å²) in [5, 5.41) is 0. The first kappa shape index (κ1) is 13.9. The maximum atomic E-state index is 11.4. The number of ether oxygens (including phenoxy) is 1. The molecule has 20 heavy (non-hydrogen) atoms. The van der Waals surface area contributed by atoms with Crippen LogP contribution in [-0.4, -0.2) is 49.1 Å². The van der Waals surface area contributed by atoms with E-state index in [0.717, 1.165) is 32.0 Å². The molecule has 104 valence electrons. The van der Waals surface area contributed by atoms with E-state index in [4.69, 9.17) is 6.57 Å². The standard InChI is InChI=1S/C14H16N4O2/c1-15-12(14(19)20-2)11-17-7-9-18(10-8-17)13-5-3-4-6-16-13/h3-6,11H,7-10H2,2H3/b12-11+. The molecule has 0 saturated carbocycles. The minimum absolute atomic E-state index is 0.0128. The Bertz CT molecular complexity index is 528. The molecule has 2 heterocycles. The quantitative estimate of drug-likeness (QED) is 0.469. The van der Waals surface area contributed by atoms with E-state index in [1.165, 1.54) is 7.11 Å². The van der Waals surface area contributed by atoms with Crippen LogP contribution in [0.3, 0.4) is 0 Å². The molecule has 0 N–H and O–H groups in total. The number of aromatic nitrogens is 1. The van der Waals surface area contributed by atoms with E-state index in [2.05, 4.69) is 19.5 Å². The van der Waals surface area contributed by atoms with Gasteiger partial charge in [-0.2, -0.15) is 0 Å². The van der Waals surface area contributed by atoms with Crippen molar-refractivity contribution in [3.63, 3.8) is 0 Å². The van der Waals surface area contributed by atoms with Crippen LogP contribution >= 0.6 is 0 Å². The van der Waals surface area contributed by atoms with Gasteiger partial charge in [0.2, 0.25) is 0 Å². The van der Waals surface area contributed by atoms with E-state index < -0.39 is 5.97 Å². The summed E-state index contributed by atoms with van der Waals surface area (Å²) in [6.45, 7) is 10.1. The normalized spacial score (nSPS) is 15.7. The Morgan fingerprint density at radius 3 is 2.70 bits per heavy atom. The predicted molar refractivity (Wildman–Crippen MR) is 74.7 cm³/mol. The lowest BCUT2D eigenvalue weighted by Gasteiger charge is -2.35. The van der Waals surface area contributed by atoms with Crippen LogP contribution in [-0.2, 0) is 9.53 Å². The second-order valence-corrected chi connectivity index (χ2v) is 4.33. The third-order valence-electron chi connectivity index (χ3n) is 3.11. The smallest absolute Gasteiger partial charge is 0.337 e. The number of pyridine rings is 1. The maximum absolute atomic E-state index is 11.4. The first-order valence-electron chi connectivity index (χ1n) is 6.32. The molecule has 0 aromatic carbocycles. The molecule has 2 rings (SSSR count). The number of methoxy groups -OCH3 is 1. The van der Waals surface area contributed by atoms with Crippen LogP contribution in [0.25, 0.3) is 4.85 Å². The maximum Gasteiger partial charge on any atom is 0.337 e. The molecule has 0 radical (unpaired) electrons. The van der Waals surface area contributed by atoms with Crippen molar-refractivity contribution in [1.82, 2.24) is 9.88 Å². The Labute approximate surface area is 118 Å². The Morgan fingerprint density at radius 1 is 1.40 bits per heavy atom. The lowest BCUT2D eigenvalue weighted by molar-refractivity contribution is -0.135. The van der Waals surface area contributed by atoms with Crippen LogP contribution in [0.5, 0.6) is 0 Å². The summed E-state index contributed by atoms with van der Waals surface area (Å²) in [5.41, 5.74) is 0.0128. The number of carbonyl (C=O) groups is 1. The van der Waals surface area contributed by atoms with Crippen LogP contribution in [0.1, 0.15) is 0 Å². The molecule has 1 aliphatic rings. The van der Waals surface area contributed by atoms with Crippen LogP contribution < -0.4 is 4.90 Å². The van der Waals surface area contributed by atoms with Gasteiger partial charge in [0, 0.05) is 38.6 Å². The molecule has 6 heteroatoms. The van der Waals surface area contributed by atoms with Gasteiger partial charge in [-0.15, -0.1) is 0 Å². The van der Waals surface area contributed by atoms with E-state index in [0.29, 0.717) is 0 Å². The Balaban J connectivity index is 1.96. The SMILES string of the molecule is [C-]#[N+]/C(=C/N1CCN(c2ccccn2)CC1)C(=O)OC. The largest absolute Gasteiger partial charge is 0.474 e. The van der Waals surface area contributed by atoms with Gasteiger partial charge in [-0.1, -0.05) is 6.07 Å². The fourth-order valence-electron chi connectivity index (χ4n) is 2.03. The summed E-state index contributed by atoms with van der Waals surface area (Å²) in [5.74, 6) is 0.363. The zero-order chi connectivity index (χ0) is 14.4. The molecule has 0 bridgehead atoms. The second kappa shape index (κ2) is 6.57. The number of esters is 1. The number of hydrogen-bond donors (Lipinski definition) is 0. The van der Waals surface area contributed by atoms with Gasteiger partial charge < -0.3 is 14.5 Å². The highest BCUT2D eigenvalue weighted by atomic mass is 16.5. The second-order valence-electron chi connectivity index (χ2n) is 4.33. The highest BCUT2D eigenvalue weighted by Gasteiger charge is 2.18. The molecule has 1 aliphatic heterocycles. The van der Waals surface area contributed by atoms with Gasteiger partial charge in [0.05, 0.1) is 13.7 Å². The zero-order valence-electron chi connectivity index (χ0n) is 11.3. The molecule has 0 spiro atoms. The lowest BCUT2D eigenvalue weighted by Crippen LogP contribution is -2.44. The molecule has 0 amide bonds. The van der Waals surface area contributed by atoms with Crippen molar-refractivity contribution in [3.8, 4) is 0 Å². The molecule has 6 nitrogen and oxygen atoms in total. The summed E-state index contributed by atoms with van der Waals surface area (Å²) >= 11 is 0. The highest BCUT2D eigenvalue weighted by molar-refractivity contribution is 5.90. The minimum Gasteiger partial charge on any atom is -0.474 e. The zero-order valence-corrected chi connectivity index (χ0v) is 11.3. The summed E-state index contributed by atoms with van der Waals surface area (Å²) in [4.78, 5) is 23.0. The predicted octanol–water partition coefficient (Wildman–Crippen LogP) is 1.14. The third-order valence-corrected chi connectivity index (χ3v) is 3.11. The summed E-state index contributed by atoms with van der Waals surface area (Å²) in [6.07, 6.45) is 3.35. The monoisotopic (exact) mass is 272 g/mol. The first-order valence-corrected chi connectivity index (χ1v) is 6.32. The first-order chi connectivity index (χ1) is 9.74. The summed E-state index contributed by atoms with van der Waals surface area (Å²) in [6, 6.07) is 5.83. The molecular formula is C14H16N4O2. The van der Waals surface area contributed by atoms with E-state index >= 15 is 0 Å². The fourth-order valence-corrected chi connectivity index (χ4v) is 2.03. The molecule has 1 saturated heterocycles. The van der Waals surface area contributed by atoms with Gasteiger partial charge in [-0.3, -0.25) is 4.79 Å². The van der Waals surface area contributed by atoms with Crippen LogP contribution in [0.4, 0.5) is 5.82 Å². The van der Waals surface area contributed by atoms with E-state index in [1.54, 1.807) is 12.4 Å². The van der Waals surface area contributed by atoms with Crippen molar-refractivity contribution in [2.75, 3.05) is 38.2 Å². The Kier molecular flexibility index (Phi) is 4.56. The topological polar surface area (TPSA) is 50.0 Å². The van der Waals surface area contributed by atoms with E-state index in [9.17, 15) is 4.79 Å². The van der Waals surface area contributed by atoms with Gasteiger partial charge in [0.1, 0.15) is 5.82 Å².